The third kappa shape index (κ3) is 2.42. The maximum absolute atomic E-state index is 11.3. The van der Waals surface area contributed by atoms with Crippen LogP contribution in [0.25, 0.3) is 5.69 Å². The number of sulfone groups is 1. The molecule has 17 heavy (non-hydrogen) atoms. The van der Waals surface area contributed by atoms with Gasteiger partial charge in [-0.05, 0) is 24.3 Å². The zero-order valence-electron chi connectivity index (χ0n) is 8.96. The van der Waals surface area contributed by atoms with Crippen LogP contribution in [0.15, 0.2) is 35.4 Å². The molecule has 0 aliphatic heterocycles. The molecule has 0 aliphatic rings. The molecule has 0 atom stereocenters. The summed E-state index contributed by atoms with van der Waals surface area (Å²) in [5.74, 6) is 0.235. The fourth-order valence-electron chi connectivity index (χ4n) is 1.34. The molecule has 0 saturated heterocycles. The summed E-state index contributed by atoms with van der Waals surface area (Å²) in [6.45, 7) is 0. The number of halogens is 1. The van der Waals surface area contributed by atoms with Crippen molar-refractivity contribution in [2.24, 2.45) is 0 Å². The summed E-state index contributed by atoms with van der Waals surface area (Å²) in [6, 6.07) is 6.30. The van der Waals surface area contributed by atoms with E-state index in [0.717, 1.165) is 6.26 Å². The molecule has 5 nitrogen and oxygen atoms in total. The van der Waals surface area contributed by atoms with Crippen LogP contribution in [0.3, 0.4) is 0 Å². The number of hydrogen-bond donors (Lipinski definition) is 1. The highest BCUT2D eigenvalue weighted by molar-refractivity contribution is 7.90. The van der Waals surface area contributed by atoms with E-state index in [2.05, 4.69) is 5.10 Å². The van der Waals surface area contributed by atoms with Crippen LogP contribution >= 0.6 is 11.6 Å². The smallest absolute Gasteiger partial charge is 0.175 e. The Morgan fingerprint density at radius 1 is 1.29 bits per heavy atom. The first kappa shape index (κ1) is 11.9. The Kier molecular flexibility index (Phi) is 2.84. The molecule has 7 heteroatoms. The van der Waals surface area contributed by atoms with Crippen LogP contribution in [0.2, 0.25) is 5.02 Å². The minimum atomic E-state index is -3.19. The predicted octanol–water partition coefficient (Wildman–Crippen LogP) is 1.51. The van der Waals surface area contributed by atoms with Crippen LogP contribution in [-0.2, 0) is 9.84 Å². The lowest BCUT2D eigenvalue weighted by atomic mass is 10.3. The molecule has 0 aliphatic carbocycles. The molecule has 1 aromatic heterocycles. The standard InChI is InChI=1S/C10H10ClN3O2S/c1-17(15,16)8-4-2-7(3-5-8)14-6-9(11)10(12)13-14/h2-6H,1H3,(H2,12,13). The van der Waals surface area contributed by atoms with Crippen LogP contribution in [0.1, 0.15) is 0 Å². The molecular weight excluding hydrogens is 262 g/mol. The second kappa shape index (κ2) is 4.05. The van der Waals surface area contributed by atoms with Crippen LogP contribution in [0, 0.1) is 0 Å². The Balaban J connectivity index is 2.42. The molecule has 0 fully saturated rings. The van der Waals surface area contributed by atoms with Crippen LogP contribution in [0.4, 0.5) is 5.82 Å². The number of hydrogen-bond acceptors (Lipinski definition) is 4. The van der Waals surface area contributed by atoms with Crippen LogP contribution in [-0.4, -0.2) is 24.5 Å². The van der Waals surface area contributed by atoms with E-state index in [0.29, 0.717) is 10.7 Å². The zero-order chi connectivity index (χ0) is 12.6. The Bertz CT molecular complexity index is 627. The van der Waals surface area contributed by atoms with Crippen molar-refractivity contribution < 1.29 is 8.42 Å². The van der Waals surface area contributed by atoms with Crippen LogP contribution < -0.4 is 5.73 Å². The zero-order valence-corrected chi connectivity index (χ0v) is 10.5. The lowest BCUT2D eigenvalue weighted by molar-refractivity contribution is 0.602. The molecule has 0 spiro atoms. The van der Waals surface area contributed by atoms with Crippen molar-refractivity contribution in [3.05, 3.63) is 35.5 Å². The van der Waals surface area contributed by atoms with Crippen molar-refractivity contribution >= 4 is 27.3 Å². The summed E-state index contributed by atoms with van der Waals surface area (Å²) in [5, 5.41) is 4.34. The lowest BCUT2D eigenvalue weighted by Crippen LogP contribution is -1.99. The van der Waals surface area contributed by atoms with E-state index < -0.39 is 9.84 Å². The molecule has 0 radical (unpaired) electrons. The number of anilines is 1. The Morgan fingerprint density at radius 3 is 2.29 bits per heavy atom. The van der Waals surface area contributed by atoms with E-state index in [1.54, 1.807) is 18.3 Å². The molecular formula is C10H10ClN3O2S. The lowest BCUT2D eigenvalue weighted by Gasteiger charge is -2.02. The summed E-state index contributed by atoms with van der Waals surface area (Å²) < 4.78 is 24.0. The Morgan fingerprint density at radius 2 is 1.88 bits per heavy atom. The molecule has 1 aromatic carbocycles. The van der Waals surface area contributed by atoms with Gasteiger partial charge in [-0.3, -0.25) is 0 Å². The highest BCUT2D eigenvalue weighted by Gasteiger charge is 2.08. The topological polar surface area (TPSA) is 78.0 Å². The highest BCUT2D eigenvalue weighted by atomic mass is 35.5. The Hall–Kier alpha value is -1.53. The monoisotopic (exact) mass is 271 g/mol. The van der Waals surface area contributed by atoms with Crippen LogP contribution in [0.5, 0.6) is 0 Å². The number of aromatic nitrogens is 2. The average molecular weight is 272 g/mol. The van der Waals surface area contributed by atoms with E-state index >= 15 is 0 Å². The molecule has 90 valence electrons. The van der Waals surface area contributed by atoms with E-state index in [-0.39, 0.29) is 10.7 Å². The van der Waals surface area contributed by atoms with Crippen molar-refractivity contribution in [2.75, 3.05) is 12.0 Å². The van der Waals surface area contributed by atoms with E-state index in [1.165, 1.54) is 16.8 Å². The van der Waals surface area contributed by atoms with Gasteiger partial charge in [0.15, 0.2) is 15.7 Å². The molecule has 2 N–H and O–H groups in total. The van der Waals surface area contributed by atoms with Crippen molar-refractivity contribution in [1.82, 2.24) is 9.78 Å². The van der Waals surface area contributed by atoms with Gasteiger partial charge in [0, 0.05) is 6.26 Å². The number of benzene rings is 1. The fraction of sp³-hybridized carbons (Fsp3) is 0.100. The molecule has 2 rings (SSSR count). The number of nitrogen functional groups attached to an aromatic ring is 1. The van der Waals surface area contributed by atoms with Gasteiger partial charge in [0.25, 0.3) is 0 Å². The Labute approximate surface area is 104 Å². The third-order valence-corrected chi connectivity index (χ3v) is 3.64. The highest BCUT2D eigenvalue weighted by Crippen LogP contribution is 2.19. The summed E-state index contributed by atoms with van der Waals surface area (Å²) in [4.78, 5) is 0.257. The normalized spacial score (nSPS) is 11.6. The minimum Gasteiger partial charge on any atom is -0.381 e. The largest absolute Gasteiger partial charge is 0.381 e. The molecule has 2 aromatic rings. The van der Waals surface area contributed by atoms with Crippen molar-refractivity contribution in [3.63, 3.8) is 0 Å². The number of rotatable bonds is 2. The third-order valence-electron chi connectivity index (χ3n) is 2.23. The average Bonchev–Trinajstić information content (AvgIpc) is 2.58. The summed E-state index contributed by atoms with van der Waals surface area (Å²) >= 11 is 5.78. The quantitative estimate of drug-likeness (QED) is 0.898. The van der Waals surface area contributed by atoms with E-state index in [1.807, 2.05) is 0 Å². The fourth-order valence-corrected chi connectivity index (χ4v) is 2.11. The van der Waals surface area contributed by atoms with Gasteiger partial charge in [0.05, 0.1) is 16.8 Å². The molecule has 1 heterocycles. The molecule has 0 amide bonds. The predicted molar refractivity (Wildman–Crippen MR) is 66.1 cm³/mol. The minimum absolute atomic E-state index is 0.235. The molecule has 0 bridgehead atoms. The van der Waals surface area contributed by atoms with E-state index in [9.17, 15) is 8.42 Å². The van der Waals surface area contributed by atoms with Gasteiger partial charge in [0.1, 0.15) is 5.02 Å². The first-order valence-corrected chi connectivity index (χ1v) is 6.96. The number of nitrogens with two attached hydrogens (primary N) is 1. The first-order chi connectivity index (χ1) is 7.88. The summed E-state index contributed by atoms with van der Waals surface area (Å²) in [5.41, 5.74) is 6.21. The van der Waals surface area contributed by atoms with Crippen molar-refractivity contribution in [1.29, 1.82) is 0 Å². The van der Waals surface area contributed by atoms with Crippen molar-refractivity contribution in [3.8, 4) is 5.69 Å². The maximum Gasteiger partial charge on any atom is 0.175 e. The second-order valence-corrected chi connectivity index (χ2v) is 6.00. The molecule has 0 unspecified atom stereocenters. The number of nitrogens with zero attached hydrogens (tertiary/aromatic N) is 2. The maximum atomic E-state index is 11.3. The van der Waals surface area contributed by atoms with Gasteiger partial charge < -0.3 is 5.73 Å². The molecule has 0 saturated carbocycles. The van der Waals surface area contributed by atoms with Gasteiger partial charge in [0.2, 0.25) is 0 Å². The van der Waals surface area contributed by atoms with Gasteiger partial charge in [-0.25, -0.2) is 13.1 Å². The SMILES string of the molecule is CS(=O)(=O)c1ccc(-n2cc(Cl)c(N)n2)cc1. The van der Waals surface area contributed by atoms with Gasteiger partial charge in [-0.2, -0.15) is 0 Å². The second-order valence-electron chi connectivity index (χ2n) is 3.57. The first-order valence-electron chi connectivity index (χ1n) is 4.69. The summed E-state index contributed by atoms with van der Waals surface area (Å²) in [7, 11) is -3.19. The van der Waals surface area contributed by atoms with Gasteiger partial charge in [-0.15, -0.1) is 5.10 Å². The summed E-state index contributed by atoms with van der Waals surface area (Å²) in [6.07, 6.45) is 2.72. The van der Waals surface area contributed by atoms with Gasteiger partial charge in [-0.1, -0.05) is 11.6 Å². The van der Waals surface area contributed by atoms with Crippen molar-refractivity contribution in [2.45, 2.75) is 4.90 Å². The van der Waals surface area contributed by atoms with E-state index in [4.69, 9.17) is 17.3 Å². The van der Waals surface area contributed by atoms with Gasteiger partial charge >= 0.3 is 0 Å².